The van der Waals surface area contributed by atoms with E-state index in [-0.39, 0.29) is 5.60 Å². The Morgan fingerprint density at radius 2 is 2.12 bits per heavy atom. The zero-order chi connectivity index (χ0) is 18.1. The molecule has 0 atom stereocenters. The Balaban J connectivity index is 1.47. The number of hydrogen-bond donors (Lipinski definition) is 1. The molecule has 5 heteroatoms. The third-order valence-electron chi connectivity index (χ3n) is 5.96. The number of fused-ring (bicyclic) bond motifs is 2. The van der Waals surface area contributed by atoms with Gasteiger partial charge in [-0.15, -0.1) is 0 Å². The predicted molar refractivity (Wildman–Crippen MR) is 102 cm³/mol. The maximum Gasteiger partial charge on any atom is 0.119 e. The lowest BCUT2D eigenvalue weighted by Crippen LogP contribution is -2.46. The molecule has 140 valence electrons. The van der Waals surface area contributed by atoms with E-state index < -0.39 is 0 Å². The van der Waals surface area contributed by atoms with Crippen LogP contribution >= 0.6 is 0 Å². The zero-order valence-corrected chi connectivity index (χ0v) is 16.1. The van der Waals surface area contributed by atoms with Gasteiger partial charge in [-0.05, 0) is 49.4 Å². The number of ether oxygens (including phenoxy) is 2. The van der Waals surface area contributed by atoms with Crippen molar-refractivity contribution in [3.8, 4) is 5.75 Å². The van der Waals surface area contributed by atoms with E-state index in [1.165, 1.54) is 22.5 Å². The van der Waals surface area contributed by atoms with Crippen LogP contribution < -0.4 is 4.74 Å². The molecule has 26 heavy (non-hydrogen) atoms. The number of imidazole rings is 1. The van der Waals surface area contributed by atoms with Crippen molar-refractivity contribution in [3.63, 3.8) is 0 Å². The number of likely N-dealkylation sites (tertiary alicyclic amines) is 1. The van der Waals surface area contributed by atoms with Crippen LogP contribution in [-0.4, -0.2) is 41.7 Å². The molecule has 0 saturated carbocycles. The van der Waals surface area contributed by atoms with Gasteiger partial charge >= 0.3 is 0 Å². The first-order valence-corrected chi connectivity index (χ1v) is 9.71. The van der Waals surface area contributed by atoms with Crippen LogP contribution in [0.1, 0.15) is 48.1 Å². The minimum atomic E-state index is -0.119. The molecule has 0 amide bonds. The van der Waals surface area contributed by atoms with E-state index in [1.807, 2.05) is 0 Å². The fourth-order valence-corrected chi connectivity index (χ4v) is 4.36. The number of nitrogens with one attached hydrogen (secondary N) is 1. The molecule has 4 rings (SSSR count). The second-order valence-electron chi connectivity index (χ2n) is 7.50. The first-order valence-electron chi connectivity index (χ1n) is 9.71. The Kier molecular flexibility index (Phi) is 4.76. The SMILES string of the molecule is CCc1nc(CN2CCC3(CC2)OCCc2cc(OC)ccc23)c(C)[nH]1. The summed E-state index contributed by atoms with van der Waals surface area (Å²) in [5.41, 5.74) is 5.03. The number of aromatic amines is 1. The van der Waals surface area contributed by atoms with Gasteiger partial charge < -0.3 is 14.5 Å². The molecule has 3 heterocycles. The molecule has 2 aliphatic heterocycles. The summed E-state index contributed by atoms with van der Waals surface area (Å²) in [7, 11) is 1.73. The number of hydrogen-bond acceptors (Lipinski definition) is 4. The lowest BCUT2D eigenvalue weighted by molar-refractivity contribution is -0.0990. The van der Waals surface area contributed by atoms with E-state index in [9.17, 15) is 0 Å². The standard InChI is InChI=1S/C21H29N3O2/c1-4-20-22-15(2)19(23-20)14-24-10-8-21(9-11-24)18-6-5-17(25-3)13-16(18)7-12-26-21/h5-6,13H,4,7-12,14H2,1-3H3,(H,22,23). The summed E-state index contributed by atoms with van der Waals surface area (Å²) in [5.74, 6) is 2.03. The van der Waals surface area contributed by atoms with Crippen LogP contribution in [0.5, 0.6) is 5.75 Å². The Bertz CT molecular complexity index is 776. The van der Waals surface area contributed by atoms with E-state index in [0.29, 0.717) is 0 Å². The lowest BCUT2D eigenvalue weighted by atomic mass is 9.79. The highest BCUT2D eigenvalue weighted by molar-refractivity contribution is 5.41. The van der Waals surface area contributed by atoms with Gasteiger partial charge in [0.25, 0.3) is 0 Å². The van der Waals surface area contributed by atoms with Crippen LogP contribution in [0.4, 0.5) is 0 Å². The zero-order valence-electron chi connectivity index (χ0n) is 16.1. The molecule has 1 spiro atoms. The number of rotatable bonds is 4. The molecule has 0 unspecified atom stereocenters. The highest BCUT2D eigenvalue weighted by Crippen LogP contribution is 2.42. The fraction of sp³-hybridized carbons (Fsp3) is 0.571. The van der Waals surface area contributed by atoms with Crippen molar-refractivity contribution < 1.29 is 9.47 Å². The molecule has 1 aromatic heterocycles. The van der Waals surface area contributed by atoms with Crippen molar-refractivity contribution in [1.82, 2.24) is 14.9 Å². The average molecular weight is 355 g/mol. The normalized spacial score (nSPS) is 19.5. The first kappa shape index (κ1) is 17.6. The molecule has 1 N–H and O–H groups in total. The number of aromatic nitrogens is 2. The Labute approximate surface area is 155 Å². The van der Waals surface area contributed by atoms with E-state index in [4.69, 9.17) is 14.5 Å². The third-order valence-corrected chi connectivity index (χ3v) is 5.96. The summed E-state index contributed by atoms with van der Waals surface area (Å²) in [5, 5.41) is 0. The van der Waals surface area contributed by atoms with Gasteiger partial charge in [0.1, 0.15) is 11.6 Å². The summed E-state index contributed by atoms with van der Waals surface area (Å²) in [6.07, 6.45) is 4.01. The fourth-order valence-electron chi connectivity index (χ4n) is 4.36. The summed E-state index contributed by atoms with van der Waals surface area (Å²) >= 11 is 0. The van der Waals surface area contributed by atoms with Crippen LogP contribution in [-0.2, 0) is 29.7 Å². The van der Waals surface area contributed by atoms with Crippen molar-refractivity contribution >= 4 is 0 Å². The van der Waals surface area contributed by atoms with Gasteiger partial charge in [-0.2, -0.15) is 0 Å². The molecular formula is C21H29N3O2. The summed E-state index contributed by atoms with van der Waals surface area (Å²) in [6, 6.07) is 6.47. The second kappa shape index (κ2) is 7.05. The molecule has 0 aliphatic carbocycles. The monoisotopic (exact) mass is 355 g/mol. The van der Waals surface area contributed by atoms with E-state index in [2.05, 4.69) is 41.9 Å². The van der Waals surface area contributed by atoms with Gasteiger partial charge in [-0.3, -0.25) is 4.90 Å². The van der Waals surface area contributed by atoms with Crippen LogP contribution in [0.15, 0.2) is 18.2 Å². The van der Waals surface area contributed by atoms with Gasteiger partial charge in [0.05, 0.1) is 25.0 Å². The van der Waals surface area contributed by atoms with E-state index >= 15 is 0 Å². The van der Waals surface area contributed by atoms with Crippen molar-refractivity contribution in [3.05, 3.63) is 46.5 Å². The van der Waals surface area contributed by atoms with Gasteiger partial charge in [0.15, 0.2) is 0 Å². The van der Waals surface area contributed by atoms with Crippen LogP contribution in [0.3, 0.4) is 0 Å². The summed E-state index contributed by atoms with van der Waals surface area (Å²) in [6.45, 7) is 8.07. The second-order valence-corrected chi connectivity index (χ2v) is 7.50. The molecular weight excluding hydrogens is 326 g/mol. The molecule has 0 radical (unpaired) electrons. The van der Waals surface area contributed by atoms with Crippen LogP contribution in [0, 0.1) is 6.92 Å². The van der Waals surface area contributed by atoms with Crippen LogP contribution in [0.2, 0.25) is 0 Å². The Morgan fingerprint density at radius 1 is 1.31 bits per heavy atom. The van der Waals surface area contributed by atoms with Gasteiger partial charge in [-0.25, -0.2) is 4.98 Å². The van der Waals surface area contributed by atoms with Crippen molar-refractivity contribution in [1.29, 1.82) is 0 Å². The molecule has 5 nitrogen and oxygen atoms in total. The lowest BCUT2D eigenvalue weighted by Gasteiger charge is -2.45. The minimum absolute atomic E-state index is 0.119. The molecule has 1 saturated heterocycles. The molecule has 2 aliphatic rings. The molecule has 1 aromatic carbocycles. The number of methoxy groups -OCH3 is 1. The number of piperidine rings is 1. The molecule has 0 bridgehead atoms. The maximum atomic E-state index is 6.36. The Hall–Kier alpha value is -1.85. The predicted octanol–water partition coefficient (Wildman–Crippen LogP) is 3.35. The van der Waals surface area contributed by atoms with E-state index in [1.54, 1.807) is 7.11 Å². The highest BCUT2D eigenvalue weighted by atomic mass is 16.5. The van der Waals surface area contributed by atoms with Crippen molar-refractivity contribution in [2.75, 3.05) is 26.8 Å². The van der Waals surface area contributed by atoms with E-state index in [0.717, 1.165) is 63.5 Å². The van der Waals surface area contributed by atoms with Gasteiger partial charge in [0, 0.05) is 31.7 Å². The molecule has 1 fully saturated rings. The number of H-pyrrole nitrogens is 1. The van der Waals surface area contributed by atoms with Gasteiger partial charge in [-0.1, -0.05) is 13.0 Å². The van der Waals surface area contributed by atoms with Crippen LogP contribution in [0.25, 0.3) is 0 Å². The molecule has 2 aromatic rings. The highest BCUT2D eigenvalue weighted by Gasteiger charge is 2.40. The number of benzene rings is 1. The van der Waals surface area contributed by atoms with Crippen molar-refractivity contribution in [2.45, 2.75) is 51.7 Å². The largest absolute Gasteiger partial charge is 0.497 e. The first-order chi connectivity index (χ1) is 12.6. The Morgan fingerprint density at radius 3 is 2.81 bits per heavy atom. The smallest absolute Gasteiger partial charge is 0.119 e. The summed E-state index contributed by atoms with van der Waals surface area (Å²) in [4.78, 5) is 10.6. The quantitative estimate of drug-likeness (QED) is 0.914. The van der Waals surface area contributed by atoms with Crippen molar-refractivity contribution in [2.24, 2.45) is 0 Å². The summed E-state index contributed by atoms with van der Waals surface area (Å²) < 4.78 is 11.8. The third kappa shape index (κ3) is 3.14. The number of aryl methyl sites for hydroxylation is 2. The average Bonchev–Trinajstić information content (AvgIpc) is 3.03. The number of nitrogens with zero attached hydrogens (tertiary/aromatic N) is 2. The minimum Gasteiger partial charge on any atom is -0.497 e. The topological polar surface area (TPSA) is 50.4 Å². The maximum absolute atomic E-state index is 6.36. The van der Waals surface area contributed by atoms with Gasteiger partial charge in [0.2, 0.25) is 0 Å².